The van der Waals surface area contributed by atoms with Gasteiger partial charge in [-0.15, -0.1) is 0 Å². The van der Waals surface area contributed by atoms with Gasteiger partial charge in [0.25, 0.3) is 5.91 Å². The number of nitrogens with zero attached hydrogens (tertiary/aromatic N) is 2. The summed E-state index contributed by atoms with van der Waals surface area (Å²) < 4.78 is 30.4. The van der Waals surface area contributed by atoms with Crippen molar-refractivity contribution in [3.8, 4) is 0 Å². The zero-order valence-electron chi connectivity index (χ0n) is 17.1. The largest absolute Gasteiger partial charge is 0.467 e. The van der Waals surface area contributed by atoms with Gasteiger partial charge in [-0.1, -0.05) is 31.0 Å². The Hall–Kier alpha value is -2.46. The Labute approximate surface area is 176 Å². The van der Waals surface area contributed by atoms with Gasteiger partial charge in [0.05, 0.1) is 13.4 Å². The molecule has 1 aromatic carbocycles. The molecule has 2 aliphatic rings. The lowest BCUT2D eigenvalue weighted by Crippen LogP contribution is -2.67. The highest BCUT2D eigenvalue weighted by molar-refractivity contribution is 7.88. The second kappa shape index (κ2) is 9.13. The average Bonchev–Trinajstić information content (AvgIpc) is 2.72. The van der Waals surface area contributed by atoms with E-state index in [1.54, 1.807) is 30.3 Å². The molecule has 0 spiro atoms. The van der Waals surface area contributed by atoms with Crippen LogP contribution in [0.2, 0.25) is 0 Å². The lowest BCUT2D eigenvalue weighted by atomic mass is 9.94. The van der Waals surface area contributed by atoms with Crippen LogP contribution in [0.4, 0.5) is 0 Å². The maximum Gasteiger partial charge on any atom is 0.329 e. The number of hydrogen-bond acceptors (Lipinski definition) is 6. The Morgan fingerprint density at radius 1 is 1.10 bits per heavy atom. The maximum absolute atomic E-state index is 13.4. The summed E-state index contributed by atoms with van der Waals surface area (Å²) in [5.41, 5.74) is 0.440. The third-order valence-corrected chi connectivity index (χ3v) is 6.87. The summed E-state index contributed by atoms with van der Waals surface area (Å²) >= 11 is 0. The first-order chi connectivity index (χ1) is 14.2. The van der Waals surface area contributed by atoms with E-state index in [9.17, 15) is 22.8 Å². The topological polar surface area (TPSA) is 113 Å². The van der Waals surface area contributed by atoms with E-state index in [0.29, 0.717) is 24.8 Å². The zero-order chi connectivity index (χ0) is 21.9. The number of rotatable bonds is 4. The molecule has 2 fully saturated rings. The zero-order valence-corrected chi connectivity index (χ0v) is 17.9. The number of methoxy groups -OCH3 is 1. The van der Waals surface area contributed by atoms with Crippen molar-refractivity contribution in [3.05, 3.63) is 35.9 Å². The Bertz CT molecular complexity index is 904. The molecule has 2 aliphatic heterocycles. The summed E-state index contributed by atoms with van der Waals surface area (Å²) in [6.07, 6.45) is 3.56. The van der Waals surface area contributed by atoms with Crippen molar-refractivity contribution in [2.24, 2.45) is 0 Å². The molecule has 3 rings (SSSR count). The molecular formula is C20H27N3O6S. The number of carbonyl (C=O) groups is 3. The highest BCUT2D eigenvalue weighted by atomic mass is 32.2. The van der Waals surface area contributed by atoms with E-state index < -0.39 is 34.1 Å². The van der Waals surface area contributed by atoms with Crippen LogP contribution in [0.3, 0.4) is 0 Å². The van der Waals surface area contributed by atoms with Gasteiger partial charge in [0.15, 0.2) is 0 Å². The van der Waals surface area contributed by atoms with Crippen LogP contribution in [0, 0.1) is 0 Å². The number of carbonyl (C=O) groups excluding carboxylic acids is 3. The first-order valence-corrected chi connectivity index (χ1v) is 11.8. The SMILES string of the molecule is COC(=O)[C@@H]1CN(S(C)(=O)=O)C[C@@H]2CCCC[C@H](NC(=O)c3ccccc3)C(=O)N21. The van der Waals surface area contributed by atoms with Crippen LogP contribution in [0.1, 0.15) is 36.0 Å². The van der Waals surface area contributed by atoms with Gasteiger partial charge in [0, 0.05) is 24.7 Å². The number of benzene rings is 1. The molecule has 164 valence electrons. The molecular weight excluding hydrogens is 410 g/mol. The van der Waals surface area contributed by atoms with Gasteiger partial charge in [-0.05, 0) is 25.0 Å². The second-order valence-electron chi connectivity index (χ2n) is 7.69. The molecule has 1 N–H and O–H groups in total. The minimum absolute atomic E-state index is 0.122. The van der Waals surface area contributed by atoms with Gasteiger partial charge >= 0.3 is 5.97 Å². The second-order valence-corrected chi connectivity index (χ2v) is 9.68. The van der Waals surface area contributed by atoms with E-state index in [0.717, 1.165) is 12.7 Å². The molecule has 10 heteroatoms. The van der Waals surface area contributed by atoms with E-state index in [1.807, 2.05) is 0 Å². The van der Waals surface area contributed by atoms with Crippen LogP contribution in [0.25, 0.3) is 0 Å². The molecule has 0 unspecified atom stereocenters. The molecule has 0 aliphatic carbocycles. The first kappa shape index (κ1) is 22.2. The molecule has 0 aromatic heterocycles. The van der Waals surface area contributed by atoms with Crippen molar-refractivity contribution in [2.45, 2.75) is 43.8 Å². The molecule has 2 amide bonds. The molecule has 0 saturated carbocycles. The lowest BCUT2D eigenvalue weighted by Gasteiger charge is -2.46. The van der Waals surface area contributed by atoms with Gasteiger partial charge in [-0.2, -0.15) is 4.31 Å². The fraction of sp³-hybridized carbons (Fsp3) is 0.550. The van der Waals surface area contributed by atoms with Crippen molar-refractivity contribution >= 4 is 27.8 Å². The van der Waals surface area contributed by atoms with Crippen molar-refractivity contribution < 1.29 is 27.5 Å². The number of ether oxygens (including phenoxy) is 1. The lowest BCUT2D eigenvalue weighted by molar-refractivity contribution is -0.159. The Kier molecular flexibility index (Phi) is 6.77. The van der Waals surface area contributed by atoms with E-state index in [1.165, 1.54) is 16.3 Å². The van der Waals surface area contributed by atoms with Gasteiger partial charge in [-0.25, -0.2) is 13.2 Å². The van der Waals surface area contributed by atoms with Crippen LogP contribution in [-0.4, -0.2) is 80.0 Å². The monoisotopic (exact) mass is 437 g/mol. The van der Waals surface area contributed by atoms with Crippen molar-refractivity contribution in [1.29, 1.82) is 0 Å². The van der Waals surface area contributed by atoms with E-state index >= 15 is 0 Å². The predicted octanol–water partition coefficient (Wildman–Crippen LogP) is 0.373. The molecule has 30 heavy (non-hydrogen) atoms. The van der Waals surface area contributed by atoms with Gasteiger partial charge < -0.3 is 15.0 Å². The van der Waals surface area contributed by atoms with E-state index in [4.69, 9.17) is 4.74 Å². The molecule has 0 radical (unpaired) electrons. The van der Waals surface area contributed by atoms with Crippen molar-refractivity contribution in [2.75, 3.05) is 26.5 Å². The van der Waals surface area contributed by atoms with Crippen molar-refractivity contribution in [3.63, 3.8) is 0 Å². The Morgan fingerprint density at radius 2 is 1.77 bits per heavy atom. The smallest absolute Gasteiger partial charge is 0.329 e. The average molecular weight is 438 g/mol. The van der Waals surface area contributed by atoms with Gasteiger partial charge in [0.1, 0.15) is 12.1 Å². The third kappa shape index (κ3) is 4.81. The number of piperazine rings is 1. The first-order valence-electron chi connectivity index (χ1n) is 9.93. The van der Waals surface area contributed by atoms with Gasteiger partial charge in [-0.3, -0.25) is 9.59 Å². The molecule has 3 atom stereocenters. The molecule has 1 aromatic rings. The van der Waals surface area contributed by atoms with Crippen molar-refractivity contribution in [1.82, 2.24) is 14.5 Å². The summed E-state index contributed by atoms with van der Waals surface area (Å²) in [5.74, 6) is -1.42. The number of sulfonamides is 1. The summed E-state index contributed by atoms with van der Waals surface area (Å²) in [6.45, 7) is -0.0372. The Morgan fingerprint density at radius 3 is 2.40 bits per heavy atom. The molecule has 2 heterocycles. The summed E-state index contributed by atoms with van der Waals surface area (Å²) in [6, 6.07) is 6.29. The summed E-state index contributed by atoms with van der Waals surface area (Å²) in [5, 5.41) is 2.79. The minimum atomic E-state index is -3.54. The fourth-order valence-electron chi connectivity index (χ4n) is 4.09. The van der Waals surface area contributed by atoms with Crippen LogP contribution >= 0.6 is 0 Å². The predicted molar refractivity (Wildman–Crippen MR) is 109 cm³/mol. The Balaban J connectivity index is 1.88. The van der Waals surface area contributed by atoms with Crippen LogP contribution in [0.15, 0.2) is 30.3 Å². The molecule has 2 saturated heterocycles. The van der Waals surface area contributed by atoms with Crippen LogP contribution < -0.4 is 5.32 Å². The quantitative estimate of drug-likeness (QED) is 0.681. The van der Waals surface area contributed by atoms with Crippen LogP contribution in [-0.2, 0) is 24.3 Å². The molecule has 0 bridgehead atoms. The number of hydrogen-bond donors (Lipinski definition) is 1. The van der Waals surface area contributed by atoms with E-state index in [-0.39, 0.29) is 24.9 Å². The van der Waals surface area contributed by atoms with Crippen LogP contribution in [0.5, 0.6) is 0 Å². The summed E-state index contributed by atoms with van der Waals surface area (Å²) in [4.78, 5) is 39.9. The number of esters is 1. The normalized spacial score (nSPS) is 25.6. The minimum Gasteiger partial charge on any atom is -0.467 e. The third-order valence-electron chi connectivity index (χ3n) is 5.64. The fourth-order valence-corrected chi connectivity index (χ4v) is 4.94. The number of fused-ring (bicyclic) bond motifs is 1. The standard InChI is InChI=1S/C20H27N3O6S/c1-29-20(26)17-13-22(30(2,27)28)12-15-10-6-7-11-16(19(25)23(15)17)21-18(24)14-8-4-3-5-9-14/h3-5,8-9,15-17H,6-7,10-13H2,1-2H3,(H,21,24)/t15-,16-,17-/m0/s1. The van der Waals surface area contributed by atoms with Gasteiger partial charge in [0.2, 0.25) is 15.9 Å². The highest BCUT2D eigenvalue weighted by Gasteiger charge is 2.46. The highest BCUT2D eigenvalue weighted by Crippen LogP contribution is 2.27. The summed E-state index contributed by atoms with van der Waals surface area (Å²) in [7, 11) is -2.33. The number of amides is 2. The van der Waals surface area contributed by atoms with E-state index in [2.05, 4.69) is 5.32 Å². The maximum atomic E-state index is 13.4. The number of nitrogens with one attached hydrogen (secondary N) is 1. The molecule has 9 nitrogen and oxygen atoms in total.